The number of imide groups is 1. The highest BCUT2D eigenvalue weighted by Gasteiger charge is 2.51. The molecule has 1 saturated heterocycles. The number of hydrogen-bond acceptors (Lipinski definition) is 5. The lowest BCUT2D eigenvalue weighted by molar-refractivity contribution is -0.131. The molecule has 25 heavy (non-hydrogen) atoms. The monoisotopic (exact) mass is 358 g/mol. The number of aliphatic imine (C=N–C) groups is 2. The van der Waals surface area contributed by atoms with E-state index in [0.29, 0.717) is 5.75 Å². The predicted octanol–water partition coefficient (Wildman–Crippen LogP) is 2.44. The minimum absolute atomic E-state index is 0.192. The molecule has 3 amide bonds. The van der Waals surface area contributed by atoms with Crippen LogP contribution in [0.2, 0.25) is 0 Å². The number of carbonyl (C=O) groups is 2. The van der Waals surface area contributed by atoms with Gasteiger partial charge in [-0.3, -0.25) is 14.7 Å². The van der Waals surface area contributed by atoms with Crippen LogP contribution < -0.4 is 0 Å². The molecule has 2 aliphatic heterocycles. The molecule has 0 saturated carbocycles. The molecule has 1 aromatic rings. The summed E-state index contributed by atoms with van der Waals surface area (Å²) in [6.45, 7) is 3.74. The van der Waals surface area contributed by atoms with Gasteiger partial charge < -0.3 is 4.90 Å². The Bertz CT molecular complexity index is 718. The van der Waals surface area contributed by atoms with Gasteiger partial charge in [0.05, 0.1) is 6.54 Å². The number of thioether (sulfide) groups is 1. The molecule has 2 heterocycles. The molecule has 3 rings (SSSR count). The summed E-state index contributed by atoms with van der Waals surface area (Å²) in [5.74, 6) is 1.31. The van der Waals surface area contributed by atoms with E-state index in [9.17, 15) is 9.59 Å². The zero-order chi connectivity index (χ0) is 18.1. The van der Waals surface area contributed by atoms with E-state index in [0.717, 1.165) is 5.75 Å². The fourth-order valence-corrected chi connectivity index (χ4v) is 3.99. The Morgan fingerprint density at radius 1 is 1.16 bits per heavy atom. The smallest absolute Gasteiger partial charge is 0.313 e. The third-order valence-corrected chi connectivity index (χ3v) is 5.96. The Kier molecular flexibility index (Phi) is 4.69. The second-order valence-corrected chi connectivity index (χ2v) is 7.88. The second-order valence-electron chi connectivity index (χ2n) is 6.90. The van der Waals surface area contributed by atoms with E-state index in [4.69, 9.17) is 0 Å². The van der Waals surface area contributed by atoms with Crippen molar-refractivity contribution in [1.82, 2.24) is 9.80 Å². The summed E-state index contributed by atoms with van der Waals surface area (Å²) < 4.78 is 0. The molecule has 0 spiro atoms. The van der Waals surface area contributed by atoms with Gasteiger partial charge in [0, 0.05) is 24.8 Å². The molecule has 1 atom stereocenters. The second kappa shape index (κ2) is 6.63. The van der Waals surface area contributed by atoms with Crippen molar-refractivity contribution in [3.05, 3.63) is 35.9 Å². The van der Waals surface area contributed by atoms with Gasteiger partial charge in [-0.2, -0.15) is 11.8 Å². The lowest BCUT2D eigenvalue weighted by atomic mass is 10.0. The van der Waals surface area contributed by atoms with Gasteiger partial charge in [-0.1, -0.05) is 30.3 Å². The maximum Gasteiger partial charge on any atom is 0.327 e. The van der Waals surface area contributed by atoms with E-state index in [-0.39, 0.29) is 18.5 Å². The largest absolute Gasteiger partial charge is 0.327 e. The third kappa shape index (κ3) is 3.33. The van der Waals surface area contributed by atoms with Crippen LogP contribution in [0.25, 0.3) is 0 Å². The third-order valence-electron chi connectivity index (χ3n) is 4.72. The Hall–Kier alpha value is -2.15. The number of amides is 3. The van der Waals surface area contributed by atoms with Crippen LogP contribution in [0.4, 0.5) is 4.79 Å². The molecule has 0 bridgehead atoms. The molecule has 0 radical (unpaired) electrons. The Morgan fingerprint density at radius 3 is 2.44 bits per heavy atom. The van der Waals surface area contributed by atoms with Crippen LogP contribution in [0, 0.1) is 0 Å². The van der Waals surface area contributed by atoms with E-state index < -0.39 is 11.1 Å². The van der Waals surface area contributed by atoms with E-state index >= 15 is 0 Å². The van der Waals surface area contributed by atoms with Crippen LogP contribution >= 0.6 is 11.8 Å². The van der Waals surface area contributed by atoms with Gasteiger partial charge in [-0.15, -0.1) is 0 Å². The Morgan fingerprint density at radius 2 is 1.88 bits per heavy atom. The number of hydrogen-bond donors (Lipinski definition) is 0. The Balaban J connectivity index is 1.69. The molecular formula is C18H22N4O2S. The summed E-state index contributed by atoms with van der Waals surface area (Å²) in [6, 6.07) is 9.90. The van der Waals surface area contributed by atoms with E-state index in [2.05, 4.69) is 22.1 Å². The van der Waals surface area contributed by atoms with Gasteiger partial charge in [0.1, 0.15) is 17.4 Å². The minimum Gasteiger partial charge on any atom is -0.313 e. The van der Waals surface area contributed by atoms with Crippen molar-refractivity contribution >= 4 is 36.3 Å². The molecule has 1 fully saturated rings. The maximum absolute atomic E-state index is 12.6. The van der Waals surface area contributed by atoms with Crippen molar-refractivity contribution in [3.63, 3.8) is 0 Å². The first kappa shape index (κ1) is 17.7. The minimum atomic E-state index is -0.824. The van der Waals surface area contributed by atoms with Crippen LogP contribution in [0.15, 0.2) is 40.3 Å². The zero-order valence-corrected chi connectivity index (χ0v) is 15.5. The van der Waals surface area contributed by atoms with E-state index in [1.54, 1.807) is 38.9 Å². The molecular weight excluding hydrogens is 336 g/mol. The highest BCUT2D eigenvalue weighted by atomic mass is 32.2. The summed E-state index contributed by atoms with van der Waals surface area (Å²) in [5.41, 5.74) is -0.239. The first-order valence-electron chi connectivity index (χ1n) is 8.15. The lowest BCUT2D eigenvalue weighted by Gasteiger charge is -2.27. The molecule has 1 aromatic carbocycles. The van der Waals surface area contributed by atoms with Crippen molar-refractivity contribution in [3.8, 4) is 0 Å². The molecule has 7 heteroatoms. The first-order valence-corrected chi connectivity index (χ1v) is 9.31. The van der Waals surface area contributed by atoms with Crippen LogP contribution in [0.1, 0.15) is 19.4 Å². The predicted molar refractivity (Wildman–Crippen MR) is 101 cm³/mol. The van der Waals surface area contributed by atoms with Gasteiger partial charge in [-0.05, 0) is 19.4 Å². The van der Waals surface area contributed by atoms with Crippen molar-refractivity contribution in [1.29, 1.82) is 0 Å². The zero-order valence-electron chi connectivity index (χ0n) is 14.7. The average molecular weight is 358 g/mol. The van der Waals surface area contributed by atoms with Crippen molar-refractivity contribution in [2.75, 3.05) is 19.3 Å². The fraction of sp³-hybridized carbons (Fsp3) is 0.444. The van der Waals surface area contributed by atoms with Crippen LogP contribution in [-0.4, -0.2) is 64.7 Å². The van der Waals surface area contributed by atoms with Gasteiger partial charge in [0.25, 0.3) is 5.91 Å². The van der Waals surface area contributed by atoms with Crippen molar-refractivity contribution in [2.45, 2.75) is 30.7 Å². The van der Waals surface area contributed by atoms with Crippen molar-refractivity contribution in [2.24, 2.45) is 9.98 Å². The summed E-state index contributed by atoms with van der Waals surface area (Å²) >= 11 is 1.72. The summed E-state index contributed by atoms with van der Waals surface area (Å²) in [5, 5.41) is 0. The summed E-state index contributed by atoms with van der Waals surface area (Å²) in [4.78, 5) is 36.5. The van der Waals surface area contributed by atoms with Crippen LogP contribution in [-0.2, 0) is 10.5 Å². The molecule has 6 nitrogen and oxygen atoms in total. The average Bonchev–Trinajstić information content (AvgIpc) is 3.12. The number of urea groups is 1. The maximum atomic E-state index is 12.6. The molecule has 0 aromatic heterocycles. The quantitative estimate of drug-likeness (QED) is 0.734. The number of rotatable bonds is 6. The normalized spacial score (nSPS) is 24.6. The summed E-state index contributed by atoms with van der Waals surface area (Å²) in [6.07, 6.45) is 3.25. The number of carbonyl (C=O) groups excluding carboxylic acids is 2. The lowest BCUT2D eigenvalue weighted by Crippen LogP contribution is -2.47. The van der Waals surface area contributed by atoms with Crippen LogP contribution in [0.5, 0.6) is 0 Å². The van der Waals surface area contributed by atoms with Gasteiger partial charge in [0.15, 0.2) is 0 Å². The highest BCUT2D eigenvalue weighted by Crippen LogP contribution is 2.30. The summed E-state index contributed by atoms with van der Waals surface area (Å²) in [7, 11) is 1.66. The van der Waals surface area contributed by atoms with Crippen LogP contribution in [0.3, 0.4) is 0 Å². The number of nitrogens with zero attached hydrogens (tertiary/aromatic N) is 4. The fourth-order valence-electron chi connectivity index (χ4n) is 2.87. The molecule has 0 aliphatic carbocycles. The van der Waals surface area contributed by atoms with Crippen molar-refractivity contribution < 1.29 is 9.59 Å². The van der Waals surface area contributed by atoms with E-state index in [1.165, 1.54) is 21.7 Å². The highest BCUT2D eigenvalue weighted by molar-refractivity contribution is 7.98. The molecule has 1 unspecified atom stereocenters. The molecule has 132 valence electrons. The topological polar surface area (TPSA) is 65.3 Å². The number of likely N-dealkylation sites (N-methyl/N-ethyl adjacent to an activating group) is 1. The molecule has 2 aliphatic rings. The van der Waals surface area contributed by atoms with E-state index in [1.807, 2.05) is 18.2 Å². The van der Waals surface area contributed by atoms with Gasteiger partial charge >= 0.3 is 6.03 Å². The Labute approximate surface area is 152 Å². The standard InChI is InChI=1S/C18H22N4O2S/c1-17(2)15(23)22(16(24)21(17)3)11-18(10-19-13-20-18)12-25-9-14-7-5-4-6-8-14/h4-8,10,13H,9,11-12H2,1-3H3. The SMILES string of the molecule is CN1C(=O)N(CC2(CSCc3ccccc3)C=NC=N2)C(=O)C1(C)C. The van der Waals surface area contributed by atoms with Gasteiger partial charge in [-0.25, -0.2) is 9.79 Å². The molecule has 0 N–H and O–H groups in total. The van der Waals surface area contributed by atoms with Gasteiger partial charge in [0.2, 0.25) is 0 Å². The number of benzene rings is 1. The first-order chi connectivity index (χ1) is 11.9.